The Balaban J connectivity index is 1.83. The number of hydrogen-bond donors (Lipinski definition) is 1. The Kier molecular flexibility index (Phi) is 3.36. The van der Waals surface area contributed by atoms with Crippen LogP contribution in [0.15, 0.2) is 28.3 Å². The van der Waals surface area contributed by atoms with E-state index in [0.717, 1.165) is 16.3 Å². The van der Waals surface area contributed by atoms with Crippen LogP contribution in [0.5, 0.6) is 0 Å². The fraction of sp³-hybridized carbons (Fsp3) is 0.273. The van der Waals surface area contributed by atoms with Crippen LogP contribution >= 0.6 is 11.3 Å². The molecule has 0 aliphatic heterocycles. The topological polar surface area (TPSA) is 55.1 Å². The predicted molar refractivity (Wildman–Crippen MR) is 61.1 cm³/mol. The van der Waals surface area contributed by atoms with Gasteiger partial charge in [0.25, 0.3) is 0 Å². The molecular formula is C11H12N2O2S. The summed E-state index contributed by atoms with van der Waals surface area (Å²) >= 11 is 1.51. The zero-order valence-corrected chi connectivity index (χ0v) is 9.71. The lowest BCUT2D eigenvalue weighted by molar-refractivity contribution is -0.120. The zero-order valence-electron chi connectivity index (χ0n) is 8.90. The van der Waals surface area contributed by atoms with Crippen molar-refractivity contribution in [2.24, 2.45) is 0 Å². The highest BCUT2D eigenvalue weighted by Crippen LogP contribution is 2.12. The first-order valence-electron chi connectivity index (χ1n) is 4.94. The maximum Gasteiger partial charge on any atom is 0.225 e. The quantitative estimate of drug-likeness (QED) is 0.882. The van der Waals surface area contributed by atoms with E-state index in [4.69, 9.17) is 4.42 Å². The van der Waals surface area contributed by atoms with Crippen molar-refractivity contribution in [1.29, 1.82) is 0 Å². The second-order valence-electron chi connectivity index (χ2n) is 3.39. The van der Waals surface area contributed by atoms with Gasteiger partial charge >= 0.3 is 0 Å². The van der Waals surface area contributed by atoms with Crippen LogP contribution in [-0.4, -0.2) is 10.9 Å². The average molecular weight is 236 g/mol. The number of nitrogens with one attached hydrogen (secondary N) is 1. The van der Waals surface area contributed by atoms with Crippen molar-refractivity contribution >= 4 is 17.2 Å². The third-order valence-electron chi connectivity index (χ3n) is 2.21. The lowest BCUT2D eigenvalue weighted by atomic mass is 10.3. The molecule has 0 fully saturated rings. The normalized spacial score (nSPS) is 10.3. The number of rotatable bonds is 4. The minimum Gasteiger partial charge on any atom is -0.467 e. The number of aryl methyl sites for hydroxylation is 1. The molecule has 2 rings (SSSR count). The molecule has 0 aliphatic rings. The summed E-state index contributed by atoms with van der Waals surface area (Å²) in [5.74, 6) is 0.748. The van der Waals surface area contributed by atoms with Gasteiger partial charge < -0.3 is 9.73 Å². The van der Waals surface area contributed by atoms with Gasteiger partial charge in [-0.25, -0.2) is 4.98 Å². The van der Waals surface area contributed by atoms with Crippen LogP contribution in [0.2, 0.25) is 0 Å². The molecule has 4 nitrogen and oxygen atoms in total. The molecule has 0 aromatic carbocycles. The molecule has 0 atom stereocenters. The fourth-order valence-electron chi connectivity index (χ4n) is 1.30. The molecule has 0 aliphatic carbocycles. The number of aromatic nitrogens is 1. The van der Waals surface area contributed by atoms with E-state index in [2.05, 4.69) is 10.3 Å². The molecule has 0 radical (unpaired) electrons. The first-order valence-corrected chi connectivity index (χ1v) is 5.81. The molecule has 16 heavy (non-hydrogen) atoms. The van der Waals surface area contributed by atoms with Gasteiger partial charge in [0.1, 0.15) is 5.76 Å². The zero-order chi connectivity index (χ0) is 11.4. The van der Waals surface area contributed by atoms with Gasteiger partial charge in [-0.1, -0.05) is 0 Å². The van der Waals surface area contributed by atoms with E-state index in [9.17, 15) is 4.79 Å². The molecule has 0 unspecified atom stereocenters. The number of thiazole rings is 1. The van der Waals surface area contributed by atoms with Crippen LogP contribution < -0.4 is 5.32 Å². The van der Waals surface area contributed by atoms with Gasteiger partial charge in [-0.15, -0.1) is 11.3 Å². The number of hydrogen-bond acceptors (Lipinski definition) is 4. The van der Waals surface area contributed by atoms with Crippen LogP contribution in [0.1, 0.15) is 16.3 Å². The Bertz CT molecular complexity index is 462. The Morgan fingerprint density at radius 3 is 3.12 bits per heavy atom. The highest BCUT2D eigenvalue weighted by atomic mass is 32.1. The van der Waals surface area contributed by atoms with Crippen molar-refractivity contribution < 1.29 is 9.21 Å². The standard InChI is InChI=1S/C11H12N2O2S/c1-8-10(16-7-13-8)5-11(14)12-6-9-3-2-4-15-9/h2-4,7H,5-6H2,1H3,(H,12,14). The first-order chi connectivity index (χ1) is 7.75. The molecule has 0 spiro atoms. The molecule has 5 heteroatoms. The van der Waals surface area contributed by atoms with Crippen molar-refractivity contribution in [2.45, 2.75) is 19.9 Å². The summed E-state index contributed by atoms with van der Waals surface area (Å²) in [6, 6.07) is 3.63. The second-order valence-corrected chi connectivity index (χ2v) is 4.33. The highest BCUT2D eigenvalue weighted by molar-refractivity contribution is 7.09. The monoisotopic (exact) mass is 236 g/mol. The molecule has 2 aromatic rings. The van der Waals surface area contributed by atoms with E-state index in [1.807, 2.05) is 13.0 Å². The SMILES string of the molecule is Cc1ncsc1CC(=O)NCc1ccco1. The van der Waals surface area contributed by atoms with Gasteiger partial charge in [0.2, 0.25) is 5.91 Å². The second kappa shape index (κ2) is 4.94. The molecule has 1 N–H and O–H groups in total. The average Bonchev–Trinajstić information content (AvgIpc) is 2.88. The predicted octanol–water partition coefficient (Wildman–Crippen LogP) is 1.90. The van der Waals surface area contributed by atoms with Crippen molar-refractivity contribution in [1.82, 2.24) is 10.3 Å². The lowest BCUT2D eigenvalue weighted by Gasteiger charge is -2.02. The van der Waals surface area contributed by atoms with Crippen molar-refractivity contribution in [2.75, 3.05) is 0 Å². The van der Waals surface area contributed by atoms with Crippen molar-refractivity contribution in [3.63, 3.8) is 0 Å². The Morgan fingerprint density at radius 1 is 1.62 bits per heavy atom. The van der Waals surface area contributed by atoms with Crippen LogP contribution in [0.25, 0.3) is 0 Å². The molecular weight excluding hydrogens is 224 g/mol. The lowest BCUT2D eigenvalue weighted by Crippen LogP contribution is -2.24. The Morgan fingerprint density at radius 2 is 2.50 bits per heavy atom. The number of furan rings is 1. The van der Waals surface area contributed by atoms with E-state index in [1.165, 1.54) is 11.3 Å². The minimum absolute atomic E-state index is 0.0104. The van der Waals surface area contributed by atoms with Crippen molar-refractivity contribution in [3.8, 4) is 0 Å². The third kappa shape index (κ3) is 2.70. The van der Waals surface area contributed by atoms with Gasteiger partial charge in [0, 0.05) is 4.88 Å². The van der Waals surface area contributed by atoms with Crippen LogP contribution in [0.3, 0.4) is 0 Å². The summed E-state index contributed by atoms with van der Waals surface area (Å²) in [7, 11) is 0. The molecule has 0 bridgehead atoms. The van der Waals surface area contributed by atoms with Crippen molar-refractivity contribution in [3.05, 3.63) is 40.2 Å². The van der Waals surface area contributed by atoms with E-state index >= 15 is 0 Å². The molecule has 0 saturated heterocycles. The summed E-state index contributed by atoms with van der Waals surface area (Å²) in [6.45, 7) is 2.34. The highest BCUT2D eigenvalue weighted by Gasteiger charge is 2.08. The van der Waals surface area contributed by atoms with Gasteiger partial charge in [0.05, 0.1) is 30.4 Å². The first kappa shape index (κ1) is 10.9. The molecule has 84 valence electrons. The smallest absolute Gasteiger partial charge is 0.225 e. The van der Waals surface area contributed by atoms with Crippen LogP contribution in [0, 0.1) is 6.92 Å². The summed E-state index contributed by atoms with van der Waals surface area (Å²) in [5.41, 5.74) is 2.68. The summed E-state index contributed by atoms with van der Waals surface area (Å²) in [6.07, 6.45) is 1.98. The van der Waals surface area contributed by atoms with Crippen LogP contribution in [0.4, 0.5) is 0 Å². The van der Waals surface area contributed by atoms with E-state index < -0.39 is 0 Å². The summed E-state index contributed by atoms with van der Waals surface area (Å²) in [5, 5.41) is 2.80. The Hall–Kier alpha value is -1.62. The largest absolute Gasteiger partial charge is 0.467 e. The number of nitrogens with zero attached hydrogens (tertiary/aromatic N) is 1. The van der Waals surface area contributed by atoms with Gasteiger partial charge in [-0.05, 0) is 19.1 Å². The number of carbonyl (C=O) groups excluding carboxylic acids is 1. The van der Waals surface area contributed by atoms with Gasteiger partial charge in [0.15, 0.2) is 0 Å². The summed E-state index contributed by atoms with van der Waals surface area (Å²) < 4.78 is 5.12. The maximum absolute atomic E-state index is 11.6. The van der Waals surface area contributed by atoms with E-state index in [-0.39, 0.29) is 5.91 Å². The van der Waals surface area contributed by atoms with Gasteiger partial charge in [-0.2, -0.15) is 0 Å². The molecule has 0 saturated carbocycles. The number of carbonyl (C=O) groups is 1. The maximum atomic E-state index is 11.6. The van der Waals surface area contributed by atoms with Gasteiger partial charge in [-0.3, -0.25) is 4.79 Å². The summed E-state index contributed by atoms with van der Waals surface area (Å²) in [4.78, 5) is 16.7. The third-order valence-corrected chi connectivity index (χ3v) is 3.14. The Labute approximate surface area is 97.3 Å². The molecule has 1 amide bonds. The fourth-order valence-corrected chi connectivity index (χ4v) is 2.08. The van der Waals surface area contributed by atoms with E-state index in [1.54, 1.807) is 17.8 Å². The minimum atomic E-state index is -0.0104. The molecule has 2 heterocycles. The van der Waals surface area contributed by atoms with E-state index in [0.29, 0.717) is 13.0 Å². The number of amides is 1. The molecule has 2 aromatic heterocycles. The van der Waals surface area contributed by atoms with Crippen LogP contribution in [-0.2, 0) is 17.8 Å².